The highest BCUT2D eigenvalue weighted by Crippen LogP contribution is 2.44. The third kappa shape index (κ3) is 7.52. The molecule has 0 saturated carbocycles. The van der Waals surface area contributed by atoms with Crippen LogP contribution in [0.1, 0.15) is 72.8 Å². The van der Waals surface area contributed by atoms with Crippen LogP contribution in [0.25, 0.3) is 32.9 Å². The maximum atomic E-state index is 17.5. The first-order chi connectivity index (χ1) is 27.8. The molecule has 4 fully saturated rings. The van der Waals surface area contributed by atoms with Gasteiger partial charge in [-0.1, -0.05) is 42.4 Å². The molecule has 0 radical (unpaired) electrons. The minimum absolute atomic E-state index is 0.0650. The van der Waals surface area contributed by atoms with Crippen LogP contribution in [0.4, 0.5) is 29.9 Å². The minimum atomic E-state index is -0.959. The van der Waals surface area contributed by atoms with Crippen molar-refractivity contribution < 1.29 is 32.6 Å². The van der Waals surface area contributed by atoms with Crippen LogP contribution in [-0.2, 0) is 9.47 Å². The number of rotatable bonds is 6. The van der Waals surface area contributed by atoms with Crippen molar-refractivity contribution in [3.8, 4) is 29.6 Å². The summed E-state index contributed by atoms with van der Waals surface area (Å²) >= 11 is 0. The molecule has 6 heterocycles. The van der Waals surface area contributed by atoms with Crippen molar-refractivity contribution in [3.05, 3.63) is 72.0 Å². The molecule has 0 spiro atoms. The molecule has 4 aliphatic heterocycles. The normalized spacial score (nSPS) is 20.3. The van der Waals surface area contributed by atoms with Crippen molar-refractivity contribution in [2.75, 3.05) is 43.0 Å². The third-order valence-electron chi connectivity index (χ3n) is 11.3. The van der Waals surface area contributed by atoms with Crippen LogP contribution in [0.5, 0.6) is 6.01 Å². The van der Waals surface area contributed by atoms with E-state index in [1.54, 1.807) is 39.0 Å². The number of halogens is 2. The number of aromatic nitrogens is 3. The van der Waals surface area contributed by atoms with E-state index in [9.17, 15) is 9.59 Å². The summed E-state index contributed by atoms with van der Waals surface area (Å²) in [6.07, 6.45) is 9.01. The molecular weight excluding hydrogens is 757 g/mol. The van der Waals surface area contributed by atoms with Gasteiger partial charge in [0.25, 0.3) is 0 Å². The standard InChI is InChI=1S/C45H49F2N7O5/c1-10-27-12-11-13-28-16-32(49-41(55)58-43(4,5)6)35(46)34(33(27)28)38-36(47)37-31(19-48-38)39(52-22-29-14-15-30(23-52)54(29)42(56)59-44(7,8)9)51-40(50-37)57-24-45-17-25(2)20-53(45)21-26(3)18-45/h1,11-13,16,19,29-30H,2-3,14-15,17-18,20-24H2,4-9H3,(H,49,55). The number of benzene rings is 2. The number of nitrogens with zero attached hydrogens (tertiary/aromatic N) is 6. The fraction of sp³-hybridized carbons (Fsp3) is 0.444. The molecule has 4 aromatic rings. The maximum Gasteiger partial charge on any atom is 0.412 e. The van der Waals surface area contributed by atoms with Gasteiger partial charge >= 0.3 is 18.2 Å². The predicted molar refractivity (Wildman–Crippen MR) is 222 cm³/mol. The Hall–Kier alpha value is -5.81. The van der Waals surface area contributed by atoms with Crippen molar-refractivity contribution in [1.82, 2.24) is 24.8 Å². The van der Waals surface area contributed by atoms with Crippen molar-refractivity contribution >= 4 is 45.4 Å². The Kier molecular flexibility index (Phi) is 9.81. The molecule has 4 saturated heterocycles. The van der Waals surface area contributed by atoms with Gasteiger partial charge in [0.2, 0.25) is 0 Å². The number of pyridine rings is 1. The van der Waals surface area contributed by atoms with Crippen LogP contribution in [-0.4, -0.2) is 98.5 Å². The Morgan fingerprint density at radius 3 is 2.27 bits per heavy atom. The second kappa shape index (κ2) is 14.5. The second-order valence-corrected chi connectivity index (χ2v) is 18.2. The lowest BCUT2D eigenvalue weighted by Crippen LogP contribution is -2.57. The number of carbonyl (C=O) groups is 2. The van der Waals surface area contributed by atoms with Gasteiger partial charge in [0.1, 0.15) is 34.8 Å². The number of terminal acetylenes is 1. The van der Waals surface area contributed by atoms with Crippen LogP contribution < -0.4 is 15.0 Å². The van der Waals surface area contributed by atoms with Crippen LogP contribution in [0.3, 0.4) is 0 Å². The number of hydrogen-bond donors (Lipinski definition) is 1. The SMILES string of the molecule is C#Cc1cccc2cc(NC(=O)OC(C)(C)C)c(F)c(-c3ncc4c(N5CC6CCC(C5)N6C(=O)OC(C)(C)C)nc(OCC56CC(=C)CN5CC(=C)C6)nc4c3F)c12. The molecule has 2 atom stereocenters. The maximum absolute atomic E-state index is 17.5. The number of amides is 2. The smallest absolute Gasteiger partial charge is 0.412 e. The number of piperazine rings is 1. The molecule has 2 aromatic carbocycles. The van der Waals surface area contributed by atoms with Gasteiger partial charge < -0.3 is 19.1 Å². The zero-order valence-electron chi connectivity index (χ0n) is 34.4. The zero-order chi connectivity index (χ0) is 42.2. The average molecular weight is 806 g/mol. The summed E-state index contributed by atoms with van der Waals surface area (Å²) in [5, 5.41) is 3.43. The van der Waals surface area contributed by atoms with E-state index in [2.05, 4.69) is 39.3 Å². The first-order valence-corrected chi connectivity index (χ1v) is 19.9. The molecule has 2 amide bonds. The van der Waals surface area contributed by atoms with Crippen LogP contribution in [0.15, 0.2) is 54.8 Å². The Labute approximate surface area is 342 Å². The quantitative estimate of drug-likeness (QED) is 0.150. The largest absolute Gasteiger partial charge is 0.461 e. The summed E-state index contributed by atoms with van der Waals surface area (Å²) in [6.45, 7) is 21.5. The highest BCUT2D eigenvalue weighted by atomic mass is 19.1. The monoisotopic (exact) mass is 805 g/mol. The highest BCUT2D eigenvalue weighted by molar-refractivity contribution is 6.05. The number of fused-ring (bicyclic) bond motifs is 5. The van der Waals surface area contributed by atoms with E-state index in [1.807, 2.05) is 30.6 Å². The molecule has 1 N–H and O–H groups in total. The van der Waals surface area contributed by atoms with Crippen LogP contribution in [0.2, 0.25) is 0 Å². The Morgan fingerprint density at radius 1 is 0.983 bits per heavy atom. The lowest BCUT2D eigenvalue weighted by molar-refractivity contribution is 0.0122. The van der Waals surface area contributed by atoms with Gasteiger partial charge in [-0.15, -0.1) is 6.42 Å². The van der Waals surface area contributed by atoms with Crippen LogP contribution in [0, 0.1) is 24.0 Å². The molecule has 14 heteroatoms. The fourth-order valence-corrected chi connectivity index (χ4v) is 9.12. The van der Waals surface area contributed by atoms with E-state index in [0.717, 1.165) is 37.1 Å². The van der Waals surface area contributed by atoms with E-state index in [4.69, 9.17) is 25.6 Å². The zero-order valence-corrected chi connectivity index (χ0v) is 34.4. The van der Waals surface area contributed by atoms with E-state index in [0.29, 0.717) is 42.7 Å². The molecule has 2 aromatic heterocycles. The van der Waals surface area contributed by atoms with E-state index in [-0.39, 0.29) is 69.6 Å². The number of carbonyl (C=O) groups excluding carboxylic acids is 2. The summed E-state index contributed by atoms with van der Waals surface area (Å²) in [6, 6.07) is 6.00. The molecule has 308 valence electrons. The van der Waals surface area contributed by atoms with Gasteiger partial charge in [0.15, 0.2) is 11.6 Å². The van der Waals surface area contributed by atoms with Crippen molar-refractivity contribution in [1.29, 1.82) is 0 Å². The lowest BCUT2D eigenvalue weighted by Gasteiger charge is -2.42. The third-order valence-corrected chi connectivity index (χ3v) is 11.3. The summed E-state index contributed by atoms with van der Waals surface area (Å²) in [7, 11) is 0. The van der Waals surface area contributed by atoms with Gasteiger partial charge in [-0.25, -0.2) is 18.4 Å². The van der Waals surface area contributed by atoms with E-state index in [1.165, 1.54) is 12.3 Å². The first kappa shape index (κ1) is 40.0. The summed E-state index contributed by atoms with van der Waals surface area (Å²) in [5.74, 6) is 1.07. The van der Waals surface area contributed by atoms with Gasteiger partial charge in [0.05, 0.1) is 34.3 Å². The number of ether oxygens (including phenoxy) is 3. The summed E-state index contributed by atoms with van der Waals surface area (Å²) in [4.78, 5) is 46.5. The van der Waals surface area contributed by atoms with Gasteiger partial charge in [-0.3, -0.25) is 20.1 Å². The highest BCUT2D eigenvalue weighted by Gasteiger charge is 2.49. The average Bonchev–Trinajstić information content (AvgIpc) is 3.71. The Balaban J connectivity index is 1.25. The molecule has 59 heavy (non-hydrogen) atoms. The van der Waals surface area contributed by atoms with Crippen molar-refractivity contribution in [2.45, 2.75) is 96.1 Å². The first-order valence-electron chi connectivity index (χ1n) is 19.9. The summed E-state index contributed by atoms with van der Waals surface area (Å²) in [5.41, 5.74) is -0.450. The summed E-state index contributed by atoms with van der Waals surface area (Å²) < 4.78 is 52.1. The van der Waals surface area contributed by atoms with Gasteiger partial charge in [-0.05, 0) is 84.7 Å². The second-order valence-electron chi connectivity index (χ2n) is 18.2. The number of nitrogens with one attached hydrogen (secondary N) is 1. The molecule has 2 unspecified atom stereocenters. The number of anilines is 2. The number of hydrogen-bond acceptors (Lipinski definition) is 10. The van der Waals surface area contributed by atoms with Gasteiger partial charge in [0, 0.05) is 43.3 Å². The predicted octanol–water partition coefficient (Wildman–Crippen LogP) is 8.38. The molecule has 12 nitrogen and oxygen atoms in total. The molecule has 2 bridgehead atoms. The minimum Gasteiger partial charge on any atom is -0.461 e. The van der Waals surface area contributed by atoms with E-state index >= 15 is 8.78 Å². The molecule has 4 aliphatic rings. The van der Waals surface area contributed by atoms with Crippen molar-refractivity contribution in [2.24, 2.45) is 0 Å². The topological polar surface area (TPSA) is 122 Å². The Morgan fingerprint density at radius 2 is 1.64 bits per heavy atom. The van der Waals surface area contributed by atoms with Crippen molar-refractivity contribution in [3.63, 3.8) is 0 Å². The lowest BCUT2D eigenvalue weighted by atomic mass is 9.92. The fourth-order valence-electron chi connectivity index (χ4n) is 9.12. The molecule has 0 aliphatic carbocycles. The Bertz CT molecular complexity index is 2450. The molecular formula is C45H49F2N7O5. The van der Waals surface area contributed by atoms with Crippen LogP contribution >= 0.6 is 0 Å². The molecule has 8 rings (SSSR count). The van der Waals surface area contributed by atoms with Gasteiger partial charge in [-0.2, -0.15) is 9.97 Å². The van der Waals surface area contributed by atoms with E-state index < -0.39 is 28.9 Å².